The summed E-state index contributed by atoms with van der Waals surface area (Å²) in [5, 5.41) is 0.758. The molecule has 0 aliphatic heterocycles. The van der Waals surface area contributed by atoms with E-state index in [1.54, 1.807) is 0 Å². The molecule has 0 spiro atoms. The van der Waals surface area contributed by atoms with Gasteiger partial charge < -0.3 is 4.98 Å². The molecule has 0 amide bonds. The second-order valence-electron chi connectivity index (χ2n) is 4.56. The van der Waals surface area contributed by atoms with Gasteiger partial charge in [0.25, 0.3) is 0 Å². The maximum absolute atomic E-state index is 5.89. The highest BCUT2D eigenvalue weighted by Crippen LogP contribution is 2.23. The van der Waals surface area contributed by atoms with E-state index in [-0.39, 0.29) is 0 Å². The van der Waals surface area contributed by atoms with Crippen molar-refractivity contribution < 1.29 is 0 Å². The highest BCUT2D eigenvalue weighted by molar-refractivity contribution is 6.30. The van der Waals surface area contributed by atoms with Gasteiger partial charge in [-0.15, -0.1) is 0 Å². The zero-order chi connectivity index (χ0) is 13.8. The maximum Gasteiger partial charge on any atom is 0.0459 e. The summed E-state index contributed by atoms with van der Waals surface area (Å²) in [6, 6.07) is 20.2. The molecule has 20 heavy (non-hydrogen) atoms. The third-order valence-corrected chi connectivity index (χ3v) is 3.43. The Hall–Kier alpha value is -2.25. The van der Waals surface area contributed by atoms with Gasteiger partial charge in [-0.3, -0.25) is 0 Å². The van der Waals surface area contributed by atoms with Crippen molar-refractivity contribution in [3.8, 4) is 11.3 Å². The summed E-state index contributed by atoms with van der Waals surface area (Å²) >= 11 is 5.89. The first-order valence-electron chi connectivity index (χ1n) is 6.49. The van der Waals surface area contributed by atoms with Crippen LogP contribution in [0.1, 0.15) is 11.1 Å². The van der Waals surface area contributed by atoms with E-state index in [4.69, 9.17) is 11.6 Å². The van der Waals surface area contributed by atoms with Crippen LogP contribution in [0.2, 0.25) is 5.02 Å². The monoisotopic (exact) mass is 279 g/mol. The van der Waals surface area contributed by atoms with Crippen LogP contribution in [-0.4, -0.2) is 4.98 Å². The van der Waals surface area contributed by atoms with E-state index in [1.807, 2.05) is 42.6 Å². The van der Waals surface area contributed by atoms with Crippen LogP contribution in [0.25, 0.3) is 23.4 Å². The summed E-state index contributed by atoms with van der Waals surface area (Å²) in [7, 11) is 0. The highest BCUT2D eigenvalue weighted by atomic mass is 35.5. The number of hydrogen-bond acceptors (Lipinski definition) is 0. The van der Waals surface area contributed by atoms with Gasteiger partial charge in [0.1, 0.15) is 0 Å². The van der Waals surface area contributed by atoms with E-state index >= 15 is 0 Å². The lowest BCUT2D eigenvalue weighted by molar-refractivity contribution is 1.40. The fourth-order valence-corrected chi connectivity index (χ4v) is 2.27. The zero-order valence-electron chi connectivity index (χ0n) is 10.9. The van der Waals surface area contributed by atoms with Crippen molar-refractivity contribution in [1.82, 2.24) is 4.98 Å². The van der Waals surface area contributed by atoms with Crippen molar-refractivity contribution in [1.29, 1.82) is 0 Å². The Morgan fingerprint density at radius 2 is 1.60 bits per heavy atom. The number of benzene rings is 2. The average molecular weight is 280 g/mol. The normalized spacial score (nSPS) is 11.1. The van der Waals surface area contributed by atoms with Crippen LogP contribution in [0.3, 0.4) is 0 Å². The fourth-order valence-electron chi connectivity index (χ4n) is 2.15. The Balaban J connectivity index is 1.93. The molecule has 0 aliphatic carbocycles. The number of aromatic amines is 1. The van der Waals surface area contributed by atoms with E-state index in [9.17, 15) is 0 Å². The van der Waals surface area contributed by atoms with Crippen LogP contribution < -0.4 is 0 Å². The van der Waals surface area contributed by atoms with Crippen LogP contribution in [-0.2, 0) is 0 Å². The van der Waals surface area contributed by atoms with Crippen LogP contribution >= 0.6 is 11.6 Å². The van der Waals surface area contributed by atoms with Gasteiger partial charge in [-0.1, -0.05) is 60.2 Å². The summed E-state index contributed by atoms with van der Waals surface area (Å²) < 4.78 is 0. The van der Waals surface area contributed by atoms with E-state index in [0.717, 1.165) is 16.3 Å². The first kappa shape index (κ1) is 12.8. The lowest BCUT2D eigenvalue weighted by Crippen LogP contribution is -1.82. The predicted octanol–water partition coefficient (Wildman–Crippen LogP) is 5.51. The number of nitrogens with one attached hydrogen (secondary N) is 1. The summed E-state index contributed by atoms with van der Waals surface area (Å²) in [5.74, 6) is 0. The molecule has 3 rings (SSSR count). The molecule has 1 aromatic heterocycles. The molecular formula is C18H14ClN. The molecule has 2 heteroatoms. The topological polar surface area (TPSA) is 15.8 Å². The molecule has 1 N–H and O–H groups in total. The number of rotatable bonds is 3. The summed E-state index contributed by atoms with van der Waals surface area (Å²) in [6.45, 7) is 0. The van der Waals surface area contributed by atoms with E-state index in [0.29, 0.717) is 0 Å². The van der Waals surface area contributed by atoms with Crippen molar-refractivity contribution in [3.63, 3.8) is 0 Å². The molecule has 0 fully saturated rings. The fraction of sp³-hybridized carbons (Fsp3) is 0. The zero-order valence-corrected chi connectivity index (χ0v) is 11.6. The Morgan fingerprint density at radius 3 is 2.35 bits per heavy atom. The average Bonchev–Trinajstić information content (AvgIpc) is 3.01. The molecule has 2 aromatic carbocycles. The molecule has 0 saturated carbocycles. The molecule has 3 aromatic rings. The van der Waals surface area contributed by atoms with Gasteiger partial charge >= 0.3 is 0 Å². The molecule has 98 valence electrons. The van der Waals surface area contributed by atoms with Crippen LogP contribution in [0, 0.1) is 0 Å². The van der Waals surface area contributed by atoms with Gasteiger partial charge in [-0.05, 0) is 35.4 Å². The second kappa shape index (κ2) is 5.81. The van der Waals surface area contributed by atoms with Gasteiger partial charge in [0.05, 0.1) is 0 Å². The smallest absolute Gasteiger partial charge is 0.0459 e. The molecule has 0 aliphatic rings. The molecular weight excluding hydrogens is 266 g/mol. The molecule has 1 heterocycles. The lowest BCUT2D eigenvalue weighted by Gasteiger charge is -2.03. The van der Waals surface area contributed by atoms with E-state index < -0.39 is 0 Å². The molecule has 0 atom stereocenters. The summed E-state index contributed by atoms with van der Waals surface area (Å²) in [5.41, 5.74) is 4.64. The first-order chi connectivity index (χ1) is 9.83. The van der Waals surface area contributed by atoms with Gasteiger partial charge in [-0.2, -0.15) is 0 Å². The van der Waals surface area contributed by atoms with Crippen LogP contribution in [0.4, 0.5) is 0 Å². The highest BCUT2D eigenvalue weighted by Gasteiger charge is 2.01. The minimum atomic E-state index is 0.758. The SMILES string of the molecule is Clc1ccc(/C=C/c2ccccc2-c2ccc[nH]2)cc1. The summed E-state index contributed by atoms with van der Waals surface area (Å²) in [4.78, 5) is 3.25. The van der Waals surface area contributed by atoms with Crippen molar-refractivity contribution in [2.45, 2.75) is 0 Å². The number of hydrogen-bond donors (Lipinski definition) is 1. The lowest BCUT2D eigenvalue weighted by atomic mass is 10.0. The van der Waals surface area contributed by atoms with E-state index in [1.165, 1.54) is 11.1 Å². The largest absolute Gasteiger partial charge is 0.361 e. The second-order valence-corrected chi connectivity index (χ2v) is 4.99. The van der Waals surface area contributed by atoms with Gasteiger partial charge in [-0.25, -0.2) is 0 Å². The number of halogens is 1. The molecule has 1 nitrogen and oxygen atoms in total. The Morgan fingerprint density at radius 1 is 0.800 bits per heavy atom. The van der Waals surface area contributed by atoms with Crippen LogP contribution in [0.5, 0.6) is 0 Å². The van der Waals surface area contributed by atoms with Gasteiger partial charge in [0.2, 0.25) is 0 Å². The van der Waals surface area contributed by atoms with Crippen LogP contribution in [0.15, 0.2) is 66.9 Å². The number of aromatic nitrogens is 1. The molecule has 0 radical (unpaired) electrons. The van der Waals surface area contributed by atoms with E-state index in [2.05, 4.69) is 41.4 Å². The van der Waals surface area contributed by atoms with Crippen molar-refractivity contribution in [3.05, 3.63) is 83.0 Å². The maximum atomic E-state index is 5.89. The third kappa shape index (κ3) is 2.84. The Kier molecular flexibility index (Phi) is 3.71. The Labute approximate surface area is 123 Å². The van der Waals surface area contributed by atoms with Crippen molar-refractivity contribution in [2.24, 2.45) is 0 Å². The summed E-state index contributed by atoms with van der Waals surface area (Å²) in [6.07, 6.45) is 6.16. The standard InChI is InChI=1S/C18H14ClN/c19-16-11-8-14(9-12-16)7-10-15-4-1-2-5-17(15)18-6-3-13-20-18/h1-13,20H/b10-7+. The van der Waals surface area contributed by atoms with Crippen molar-refractivity contribution >= 4 is 23.8 Å². The predicted molar refractivity (Wildman–Crippen MR) is 86.6 cm³/mol. The quantitative estimate of drug-likeness (QED) is 0.609. The molecule has 0 saturated heterocycles. The third-order valence-electron chi connectivity index (χ3n) is 3.17. The van der Waals surface area contributed by atoms with Crippen molar-refractivity contribution in [2.75, 3.05) is 0 Å². The minimum absolute atomic E-state index is 0.758. The Bertz CT molecular complexity index is 709. The minimum Gasteiger partial charge on any atom is -0.361 e. The molecule has 0 bridgehead atoms. The first-order valence-corrected chi connectivity index (χ1v) is 6.87. The van der Waals surface area contributed by atoms with Gasteiger partial charge in [0.15, 0.2) is 0 Å². The number of H-pyrrole nitrogens is 1. The van der Waals surface area contributed by atoms with Gasteiger partial charge in [0, 0.05) is 22.5 Å². The molecule has 0 unspecified atom stereocenters.